The fourth-order valence-electron chi connectivity index (χ4n) is 1.87. The van der Waals surface area contributed by atoms with Crippen molar-refractivity contribution < 1.29 is 14.3 Å². The summed E-state index contributed by atoms with van der Waals surface area (Å²) >= 11 is 0. The van der Waals surface area contributed by atoms with Gasteiger partial charge in [-0.05, 0) is 57.9 Å². The molecule has 104 valence electrons. The Balaban J connectivity index is 3.05. The second kappa shape index (κ2) is 5.91. The standard InChI is InChI=1S/C16H22O3/c1-7-18-13(4)16(5,6)19-15-11(2)8-14(10-17)9-12(15)3/h8-10H,4,7H2,1-3,5-6H3. The van der Waals surface area contributed by atoms with Crippen LogP contribution in [0.4, 0.5) is 0 Å². The Morgan fingerprint density at radius 2 is 1.84 bits per heavy atom. The van der Waals surface area contributed by atoms with Crippen molar-refractivity contribution in [1.29, 1.82) is 0 Å². The third-order valence-electron chi connectivity index (χ3n) is 2.97. The number of rotatable bonds is 6. The summed E-state index contributed by atoms with van der Waals surface area (Å²) in [6.07, 6.45) is 0.841. The van der Waals surface area contributed by atoms with Gasteiger partial charge in [-0.1, -0.05) is 6.58 Å². The Morgan fingerprint density at radius 1 is 1.32 bits per heavy atom. The zero-order chi connectivity index (χ0) is 14.6. The number of aldehydes is 1. The van der Waals surface area contributed by atoms with E-state index in [4.69, 9.17) is 9.47 Å². The fourth-order valence-corrected chi connectivity index (χ4v) is 1.87. The summed E-state index contributed by atoms with van der Waals surface area (Å²) in [6, 6.07) is 3.63. The smallest absolute Gasteiger partial charge is 0.159 e. The van der Waals surface area contributed by atoms with Crippen molar-refractivity contribution in [2.45, 2.75) is 40.2 Å². The number of hydrogen-bond acceptors (Lipinski definition) is 3. The van der Waals surface area contributed by atoms with E-state index >= 15 is 0 Å². The second-order valence-corrected chi connectivity index (χ2v) is 5.07. The lowest BCUT2D eigenvalue weighted by molar-refractivity contribution is 0.0631. The molecule has 0 aromatic heterocycles. The Labute approximate surface area is 115 Å². The maximum Gasteiger partial charge on any atom is 0.159 e. The molecule has 0 saturated heterocycles. The van der Waals surface area contributed by atoms with Crippen LogP contribution in [0.2, 0.25) is 0 Å². The van der Waals surface area contributed by atoms with Crippen molar-refractivity contribution in [3.05, 3.63) is 41.2 Å². The fraction of sp³-hybridized carbons (Fsp3) is 0.438. The van der Waals surface area contributed by atoms with Crippen molar-refractivity contribution in [3.8, 4) is 5.75 Å². The van der Waals surface area contributed by atoms with Gasteiger partial charge in [-0.25, -0.2) is 0 Å². The van der Waals surface area contributed by atoms with Crippen molar-refractivity contribution >= 4 is 6.29 Å². The quantitative estimate of drug-likeness (QED) is 0.577. The summed E-state index contributed by atoms with van der Waals surface area (Å²) in [5.74, 6) is 1.37. The largest absolute Gasteiger partial charge is 0.495 e. The van der Waals surface area contributed by atoms with Gasteiger partial charge < -0.3 is 9.47 Å². The van der Waals surface area contributed by atoms with Crippen LogP contribution in [0, 0.1) is 13.8 Å². The lowest BCUT2D eigenvalue weighted by Crippen LogP contribution is -2.32. The molecule has 0 aliphatic carbocycles. The van der Waals surface area contributed by atoms with Gasteiger partial charge in [-0.15, -0.1) is 0 Å². The van der Waals surface area contributed by atoms with E-state index in [9.17, 15) is 4.79 Å². The summed E-state index contributed by atoms with van der Waals surface area (Å²) in [7, 11) is 0. The lowest BCUT2D eigenvalue weighted by atomic mass is 10.0. The number of carbonyl (C=O) groups is 1. The highest BCUT2D eigenvalue weighted by molar-refractivity contribution is 5.76. The number of carbonyl (C=O) groups excluding carboxylic acids is 1. The van der Waals surface area contributed by atoms with Crippen LogP contribution in [0.15, 0.2) is 24.5 Å². The molecule has 19 heavy (non-hydrogen) atoms. The highest BCUT2D eigenvalue weighted by atomic mass is 16.5. The normalized spacial score (nSPS) is 11.0. The molecule has 0 N–H and O–H groups in total. The lowest BCUT2D eigenvalue weighted by Gasteiger charge is -2.29. The molecule has 1 aromatic rings. The van der Waals surface area contributed by atoms with Crippen LogP contribution >= 0.6 is 0 Å². The zero-order valence-corrected chi connectivity index (χ0v) is 12.4. The monoisotopic (exact) mass is 262 g/mol. The number of benzene rings is 1. The summed E-state index contributed by atoms with van der Waals surface area (Å²) < 4.78 is 11.5. The Bertz CT molecular complexity index is 464. The van der Waals surface area contributed by atoms with E-state index in [-0.39, 0.29) is 0 Å². The second-order valence-electron chi connectivity index (χ2n) is 5.07. The van der Waals surface area contributed by atoms with Crippen LogP contribution in [-0.2, 0) is 4.74 Å². The van der Waals surface area contributed by atoms with Crippen LogP contribution in [-0.4, -0.2) is 18.5 Å². The van der Waals surface area contributed by atoms with Crippen LogP contribution < -0.4 is 4.74 Å². The maximum atomic E-state index is 10.8. The summed E-state index contributed by atoms with van der Waals surface area (Å²) in [5, 5.41) is 0. The highest BCUT2D eigenvalue weighted by Gasteiger charge is 2.27. The molecule has 0 atom stereocenters. The van der Waals surface area contributed by atoms with Gasteiger partial charge in [-0.2, -0.15) is 0 Å². The van der Waals surface area contributed by atoms with E-state index < -0.39 is 5.60 Å². The number of aryl methyl sites for hydroxylation is 2. The Morgan fingerprint density at radius 3 is 2.26 bits per heavy atom. The SMILES string of the molecule is C=C(OCC)C(C)(C)Oc1c(C)cc(C=O)cc1C. The van der Waals surface area contributed by atoms with Crippen molar-refractivity contribution in [1.82, 2.24) is 0 Å². The molecule has 0 amide bonds. The minimum absolute atomic E-state index is 0.563. The molecule has 0 fully saturated rings. The van der Waals surface area contributed by atoms with E-state index in [2.05, 4.69) is 6.58 Å². The first kappa shape index (κ1) is 15.3. The van der Waals surface area contributed by atoms with Gasteiger partial charge in [0.25, 0.3) is 0 Å². The minimum atomic E-state index is -0.617. The molecule has 0 saturated carbocycles. The van der Waals surface area contributed by atoms with Crippen LogP contribution in [0.3, 0.4) is 0 Å². The van der Waals surface area contributed by atoms with E-state index in [1.54, 1.807) is 0 Å². The van der Waals surface area contributed by atoms with Crippen LogP contribution in [0.1, 0.15) is 42.3 Å². The topological polar surface area (TPSA) is 35.5 Å². The predicted molar refractivity (Wildman–Crippen MR) is 76.8 cm³/mol. The van der Waals surface area contributed by atoms with Crippen LogP contribution in [0.25, 0.3) is 0 Å². The first-order valence-electron chi connectivity index (χ1n) is 6.39. The maximum absolute atomic E-state index is 10.8. The van der Waals surface area contributed by atoms with Crippen molar-refractivity contribution in [3.63, 3.8) is 0 Å². The molecular weight excluding hydrogens is 240 g/mol. The molecule has 0 unspecified atom stereocenters. The average molecular weight is 262 g/mol. The molecule has 0 aliphatic rings. The van der Waals surface area contributed by atoms with Crippen molar-refractivity contribution in [2.75, 3.05) is 6.61 Å². The molecule has 3 heteroatoms. The molecule has 0 heterocycles. The van der Waals surface area contributed by atoms with Crippen LogP contribution in [0.5, 0.6) is 5.75 Å². The first-order chi connectivity index (χ1) is 8.81. The summed E-state index contributed by atoms with van der Waals surface area (Å²) in [6.45, 7) is 14.1. The predicted octanol–water partition coefficient (Wildman–Crippen LogP) is 3.82. The van der Waals surface area contributed by atoms with E-state index in [0.717, 1.165) is 23.2 Å². The van der Waals surface area contributed by atoms with Gasteiger partial charge in [0.1, 0.15) is 17.8 Å². The van der Waals surface area contributed by atoms with Crippen molar-refractivity contribution in [2.24, 2.45) is 0 Å². The molecule has 0 spiro atoms. The van der Waals surface area contributed by atoms with E-state index in [0.29, 0.717) is 17.9 Å². The third-order valence-corrected chi connectivity index (χ3v) is 2.97. The zero-order valence-electron chi connectivity index (χ0n) is 12.4. The van der Waals surface area contributed by atoms with E-state index in [1.807, 2.05) is 46.8 Å². The molecule has 1 aromatic carbocycles. The number of ether oxygens (including phenoxy) is 2. The molecule has 1 rings (SSSR count). The molecule has 0 radical (unpaired) electrons. The summed E-state index contributed by atoms with van der Waals surface area (Å²) in [4.78, 5) is 10.8. The number of hydrogen-bond donors (Lipinski definition) is 0. The summed E-state index contributed by atoms with van der Waals surface area (Å²) in [5.41, 5.74) is 1.90. The average Bonchev–Trinajstić information content (AvgIpc) is 2.33. The molecule has 3 nitrogen and oxygen atoms in total. The molecule has 0 aliphatic heterocycles. The van der Waals surface area contributed by atoms with Gasteiger partial charge in [0.05, 0.1) is 6.61 Å². The van der Waals surface area contributed by atoms with Gasteiger partial charge in [0, 0.05) is 5.56 Å². The third kappa shape index (κ3) is 3.60. The Hall–Kier alpha value is -1.77. The minimum Gasteiger partial charge on any atom is -0.495 e. The molecular formula is C16H22O3. The first-order valence-corrected chi connectivity index (χ1v) is 6.39. The van der Waals surface area contributed by atoms with Gasteiger partial charge >= 0.3 is 0 Å². The highest BCUT2D eigenvalue weighted by Crippen LogP contribution is 2.31. The van der Waals surface area contributed by atoms with E-state index in [1.165, 1.54) is 0 Å². The van der Waals surface area contributed by atoms with Gasteiger partial charge in [0.2, 0.25) is 0 Å². The Kier molecular flexibility index (Phi) is 4.76. The molecule has 0 bridgehead atoms. The van der Waals surface area contributed by atoms with Gasteiger partial charge in [0.15, 0.2) is 5.60 Å². The van der Waals surface area contributed by atoms with Gasteiger partial charge in [-0.3, -0.25) is 4.79 Å².